The minimum absolute atomic E-state index is 0.0138. The van der Waals surface area contributed by atoms with Crippen LogP contribution in [0.4, 0.5) is 0 Å². The first-order chi connectivity index (χ1) is 6.52. The van der Waals surface area contributed by atoms with Gasteiger partial charge in [0.05, 0.1) is 12.7 Å². The number of aromatic hydroxyl groups is 1. The van der Waals surface area contributed by atoms with E-state index in [1.165, 1.54) is 0 Å². The minimum atomic E-state index is -1.01. The van der Waals surface area contributed by atoms with Crippen LogP contribution in [0, 0.1) is 0 Å². The molecule has 1 rings (SSSR count). The molecule has 0 aliphatic carbocycles. The van der Waals surface area contributed by atoms with Crippen molar-refractivity contribution in [2.45, 2.75) is 19.3 Å². The Morgan fingerprint density at radius 1 is 1.64 bits per heavy atom. The van der Waals surface area contributed by atoms with Gasteiger partial charge in [-0.3, -0.25) is 9.59 Å². The van der Waals surface area contributed by atoms with Crippen molar-refractivity contribution in [3.05, 3.63) is 28.3 Å². The predicted octanol–water partition coefficient (Wildman–Crippen LogP) is 0.924. The summed E-state index contributed by atoms with van der Waals surface area (Å²) in [4.78, 5) is 21.4. The molecule has 1 aromatic rings. The van der Waals surface area contributed by atoms with Crippen molar-refractivity contribution in [2.24, 2.45) is 0 Å². The molecule has 0 aromatic carbocycles. The van der Waals surface area contributed by atoms with E-state index in [4.69, 9.17) is 9.52 Å². The van der Waals surface area contributed by atoms with Crippen LogP contribution < -0.4 is 5.43 Å². The average Bonchev–Trinajstić information content (AvgIpc) is 2.08. The first-order valence-electron chi connectivity index (χ1n) is 4.05. The summed E-state index contributed by atoms with van der Waals surface area (Å²) in [6.07, 6.45) is 0.941. The quantitative estimate of drug-likeness (QED) is 0.754. The van der Waals surface area contributed by atoms with Crippen molar-refractivity contribution in [2.75, 3.05) is 0 Å². The highest BCUT2D eigenvalue weighted by Crippen LogP contribution is 2.24. The lowest BCUT2D eigenvalue weighted by atomic mass is 10.0. The van der Waals surface area contributed by atoms with Crippen molar-refractivity contribution in [1.29, 1.82) is 0 Å². The Hall–Kier alpha value is -1.78. The van der Waals surface area contributed by atoms with Gasteiger partial charge < -0.3 is 14.6 Å². The summed E-state index contributed by atoms with van der Waals surface area (Å²) in [6.45, 7) is 1.56. The predicted molar refractivity (Wildman–Crippen MR) is 47.3 cm³/mol. The smallest absolute Gasteiger partial charge is 0.304 e. The van der Waals surface area contributed by atoms with E-state index in [1.54, 1.807) is 6.92 Å². The van der Waals surface area contributed by atoms with Crippen LogP contribution >= 0.6 is 0 Å². The molecule has 1 heterocycles. The van der Waals surface area contributed by atoms with Gasteiger partial charge in [0.15, 0.2) is 5.76 Å². The summed E-state index contributed by atoms with van der Waals surface area (Å²) in [5.74, 6) is -2.04. The van der Waals surface area contributed by atoms with E-state index >= 15 is 0 Å². The Kier molecular flexibility index (Phi) is 2.91. The number of rotatable bonds is 3. The zero-order valence-corrected chi connectivity index (χ0v) is 7.56. The normalized spacial score (nSPS) is 12.4. The molecular formula is C9H10O5. The summed E-state index contributed by atoms with van der Waals surface area (Å²) >= 11 is 0. The Balaban J connectivity index is 3.01. The van der Waals surface area contributed by atoms with E-state index in [0.29, 0.717) is 0 Å². The molecule has 0 saturated heterocycles. The van der Waals surface area contributed by atoms with Gasteiger partial charge >= 0.3 is 5.97 Å². The van der Waals surface area contributed by atoms with Crippen molar-refractivity contribution in [3.8, 4) is 5.75 Å². The summed E-state index contributed by atoms with van der Waals surface area (Å²) in [5.41, 5.74) is -0.566. The maximum Gasteiger partial charge on any atom is 0.304 e. The molecule has 1 atom stereocenters. The van der Waals surface area contributed by atoms with Crippen LogP contribution in [0.5, 0.6) is 5.75 Å². The van der Waals surface area contributed by atoms with Crippen molar-refractivity contribution in [3.63, 3.8) is 0 Å². The van der Waals surface area contributed by atoms with Gasteiger partial charge in [0.25, 0.3) is 0 Å². The van der Waals surface area contributed by atoms with E-state index in [0.717, 1.165) is 12.3 Å². The van der Waals surface area contributed by atoms with Gasteiger partial charge in [-0.1, -0.05) is 6.92 Å². The van der Waals surface area contributed by atoms with Crippen molar-refractivity contribution >= 4 is 5.97 Å². The molecular weight excluding hydrogens is 188 g/mol. The molecule has 0 bridgehead atoms. The van der Waals surface area contributed by atoms with Gasteiger partial charge in [-0.2, -0.15) is 0 Å². The molecule has 0 fully saturated rings. The van der Waals surface area contributed by atoms with E-state index in [1.807, 2.05) is 0 Å². The molecule has 1 unspecified atom stereocenters. The van der Waals surface area contributed by atoms with Gasteiger partial charge in [0.2, 0.25) is 11.2 Å². The van der Waals surface area contributed by atoms with Crippen LogP contribution in [0.25, 0.3) is 0 Å². The molecule has 14 heavy (non-hydrogen) atoms. The van der Waals surface area contributed by atoms with Crippen molar-refractivity contribution < 1.29 is 19.4 Å². The van der Waals surface area contributed by atoms with Gasteiger partial charge in [-0.25, -0.2) is 0 Å². The lowest BCUT2D eigenvalue weighted by Gasteiger charge is -2.07. The average molecular weight is 198 g/mol. The van der Waals surface area contributed by atoms with E-state index in [-0.39, 0.29) is 12.2 Å². The molecule has 0 radical (unpaired) electrons. The third-order valence-corrected chi connectivity index (χ3v) is 1.81. The number of hydrogen-bond acceptors (Lipinski definition) is 4. The molecule has 1 aromatic heterocycles. The molecule has 5 heteroatoms. The molecule has 5 nitrogen and oxygen atoms in total. The first-order valence-corrected chi connectivity index (χ1v) is 4.05. The molecule has 2 N–H and O–H groups in total. The molecule has 0 amide bonds. The number of carboxylic acid groups (broad SMARTS) is 1. The summed E-state index contributed by atoms with van der Waals surface area (Å²) in [5, 5.41) is 17.8. The highest BCUT2D eigenvalue weighted by Gasteiger charge is 2.18. The van der Waals surface area contributed by atoms with Crippen LogP contribution in [-0.4, -0.2) is 16.2 Å². The lowest BCUT2D eigenvalue weighted by Crippen LogP contribution is -2.07. The van der Waals surface area contributed by atoms with Crippen LogP contribution in [0.15, 0.2) is 21.5 Å². The zero-order chi connectivity index (χ0) is 10.7. The van der Waals surface area contributed by atoms with Gasteiger partial charge in [-0.15, -0.1) is 0 Å². The second kappa shape index (κ2) is 3.95. The Bertz CT molecular complexity index is 392. The SMILES string of the molecule is CC(CC(=O)O)c1occc(=O)c1O. The van der Waals surface area contributed by atoms with E-state index < -0.39 is 23.1 Å². The third kappa shape index (κ3) is 2.12. The Labute approximate surface area is 79.6 Å². The second-order valence-electron chi connectivity index (χ2n) is 3.00. The van der Waals surface area contributed by atoms with Gasteiger partial charge in [-0.05, 0) is 0 Å². The van der Waals surface area contributed by atoms with Crippen molar-refractivity contribution in [1.82, 2.24) is 0 Å². The molecule has 0 aliphatic heterocycles. The number of aliphatic carboxylic acids is 1. The highest BCUT2D eigenvalue weighted by molar-refractivity contribution is 5.67. The fraction of sp³-hybridized carbons (Fsp3) is 0.333. The van der Waals surface area contributed by atoms with E-state index in [9.17, 15) is 14.7 Å². The highest BCUT2D eigenvalue weighted by atomic mass is 16.4. The lowest BCUT2D eigenvalue weighted by molar-refractivity contribution is -0.137. The summed E-state index contributed by atoms with van der Waals surface area (Å²) in [6, 6.07) is 1.08. The zero-order valence-electron chi connectivity index (χ0n) is 7.56. The van der Waals surface area contributed by atoms with Crippen LogP contribution in [0.1, 0.15) is 25.0 Å². The summed E-state index contributed by atoms with van der Waals surface area (Å²) < 4.78 is 4.89. The maximum atomic E-state index is 11.0. The molecule has 0 saturated carbocycles. The van der Waals surface area contributed by atoms with Crippen LogP contribution in [0.2, 0.25) is 0 Å². The Morgan fingerprint density at radius 2 is 2.29 bits per heavy atom. The summed E-state index contributed by atoms with van der Waals surface area (Å²) in [7, 11) is 0. The molecule has 76 valence electrons. The molecule has 0 aliphatic rings. The van der Waals surface area contributed by atoms with Crippen LogP contribution in [0.3, 0.4) is 0 Å². The number of hydrogen-bond donors (Lipinski definition) is 2. The molecule has 0 spiro atoms. The third-order valence-electron chi connectivity index (χ3n) is 1.81. The standard InChI is InChI=1S/C9H10O5/c1-5(4-7(11)12)9-8(13)6(10)2-3-14-9/h2-3,5,13H,4H2,1H3,(H,11,12). The second-order valence-corrected chi connectivity index (χ2v) is 3.00. The fourth-order valence-electron chi connectivity index (χ4n) is 1.13. The van der Waals surface area contributed by atoms with Gasteiger partial charge in [0.1, 0.15) is 0 Å². The van der Waals surface area contributed by atoms with Gasteiger partial charge in [0, 0.05) is 12.0 Å². The topological polar surface area (TPSA) is 87.7 Å². The fourth-order valence-corrected chi connectivity index (χ4v) is 1.13. The Morgan fingerprint density at radius 3 is 2.86 bits per heavy atom. The first kappa shape index (κ1) is 10.3. The maximum absolute atomic E-state index is 11.0. The van der Waals surface area contributed by atoms with E-state index in [2.05, 4.69) is 0 Å². The largest absolute Gasteiger partial charge is 0.502 e. The minimum Gasteiger partial charge on any atom is -0.502 e. The number of carboxylic acids is 1. The monoisotopic (exact) mass is 198 g/mol. The number of carbonyl (C=O) groups is 1. The van der Waals surface area contributed by atoms with Crippen LogP contribution in [-0.2, 0) is 4.79 Å².